The number of rotatable bonds is 4. The van der Waals surface area contributed by atoms with Crippen LogP contribution in [0.2, 0.25) is 5.02 Å². The van der Waals surface area contributed by atoms with Crippen LogP contribution in [-0.2, 0) is 16.1 Å². The van der Waals surface area contributed by atoms with E-state index in [1.807, 2.05) is 13.8 Å². The second-order valence-electron chi connectivity index (χ2n) is 11.0. The number of ether oxygens (including phenoxy) is 3. The first kappa shape index (κ1) is 34.0. The number of fused-ring (bicyclic) bond motifs is 3. The number of aromatic nitrogens is 1. The number of hydrogen-bond donors (Lipinski definition) is 3. The second kappa shape index (κ2) is 15.9. The van der Waals surface area contributed by atoms with Crippen molar-refractivity contribution in [2.45, 2.75) is 39.3 Å². The summed E-state index contributed by atoms with van der Waals surface area (Å²) < 4.78 is 17.3. The Kier molecular flexibility index (Phi) is 11.8. The van der Waals surface area contributed by atoms with Gasteiger partial charge in [-0.05, 0) is 61.2 Å². The van der Waals surface area contributed by atoms with Gasteiger partial charge in [0.1, 0.15) is 23.2 Å². The molecule has 4 rings (SSSR count). The zero-order valence-electron chi connectivity index (χ0n) is 26.2. The topological polar surface area (TPSA) is 148 Å². The van der Waals surface area contributed by atoms with Crippen LogP contribution in [0.4, 0.5) is 0 Å². The molecule has 13 heteroatoms. The van der Waals surface area contributed by atoms with Crippen LogP contribution >= 0.6 is 11.6 Å². The number of pyridine rings is 1. The normalized spacial score (nSPS) is 16.7. The molecule has 0 saturated heterocycles. The van der Waals surface area contributed by atoms with Crippen LogP contribution in [0.15, 0.2) is 54.7 Å². The van der Waals surface area contributed by atoms with E-state index in [4.69, 9.17) is 25.8 Å². The van der Waals surface area contributed by atoms with E-state index in [1.165, 1.54) is 31.4 Å². The lowest BCUT2D eigenvalue weighted by Gasteiger charge is -2.26. The van der Waals surface area contributed by atoms with Crippen LogP contribution in [0.1, 0.15) is 53.1 Å². The fraction of sp³-hybridized carbons (Fsp3) is 0.364. The van der Waals surface area contributed by atoms with Gasteiger partial charge >= 0.3 is 0 Å². The highest BCUT2D eigenvalue weighted by Gasteiger charge is 2.27. The van der Waals surface area contributed by atoms with Crippen LogP contribution in [0.5, 0.6) is 23.0 Å². The van der Waals surface area contributed by atoms with Gasteiger partial charge in [-0.2, -0.15) is 0 Å². The van der Waals surface area contributed by atoms with Crippen LogP contribution in [0, 0.1) is 5.92 Å². The van der Waals surface area contributed by atoms with Crippen molar-refractivity contribution in [3.63, 3.8) is 0 Å². The van der Waals surface area contributed by atoms with E-state index in [2.05, 4.69) is 20.9 Å². The average Bonchev–Trinajstić information content (AvgIpc) is 3.05. The fourth-order valence-electron chi connectivity index (χ4n) is 4.88. The molecule has 0 spiro atoms. The van der Waals surface area contributed by atoms with Crippen molar-refractivity contribution >= 4 is 35.2 Å². The molecule has 1 aromatic heterocycles. The number of nitrogens with one attached hydrogen (secondary N) is 3. The zero-order chi connectivity index (χ0) is 33.2. The standard InChI is InChI=1S/C33H38ClN5O7/c1-20(2)30-32(42)37-18-23-25(44-3)8-7-9-26(23)46-28-16-21(10-13-27(28)45-4)31(41)35-14-5-6-15-39(19-29(40)38-30)33(43)24-12-11-22(34)17-36-24/h7-13,16-17,20,30H,5-6,14-15,18-19H2,1-4H3,(H,35,41)(H,37,42)(H,38,40)/t30-/m1/s1. The van der Waals surface area contributed by atoms with E-state index in [0.29, 0.717) is 58.5 Å². The van der Waals surface area contributed by atoms with E-state index < -0.39 is 23.8 Å². The van der Waals surface area contributed by atoms with Crippen molar-refractivity contribution in [1.29, 1.82) is 0 Å². The van der Waals surface area contributed by atoms with Crippen LogP contribution in [0.3, 0.4) is 0 Å². The molecule has 3 N–H and O–H groups in total. The maximum absolute atomic E-state index is 13.5. The van der Waals surface area contributed by atoms with Gasteiger partial charge in [0.25, 0.3) is 11.8 Å². The lowest BCUT2D eigenvalue weighted by molar-refractivity contribution is -0.130. The summed E-state index contributed by atoms with van der Waals surface area (Å²) in [5.74, 6) is -0.457. The van der Waals surface area contributed by atoms with Gasteiger partial charge in [0.15, 0.2) is 11.5 Å². The Balaban J connectivity index is 1.67. The first-order valence-electron chi connectivity index (χ1n) is 14.9. The summed E-state index contributed by atoms with van der Waals surface area (Å²) in [5.41, 5.74) is 1.01. The molecule has 2 bridgehead atoms. The third-order valence-corrected chi connectivity index (χ3v) is 7.59. The largest absolute Gasteiger partial charge is 0.496 e. The van der Waals surface area contributed by atoms with Crippen LogP contribution in [0.25, 0.3) is 0 Å². The number of hydrogen-bond acceptors (Lipinski definition) is 8. The highest BCUT2D eigenvalue weighted by atomic mass is 35.5. The van der Waals surface area contributed by atoms with Crippen LogP contribution < -0.4 is 30.2 Å². The minimum absolute atomic E-state index is 0.00656. The molecule has 3 aromatic rings. The molecular weight excluding hydrogens is 614 g/mol. The smallest absolute Gasteiger partial charge is 0.272 e. The van der Waals surface area contributed by atoms with Gasteiger partial charge in [0, 0.05) is 24.8 Å². The lowest BCUT2D eigenvalue weighted by Crippen LogP contribution is -2.52. The van der Waals surface area contributed by atoms with Gasteiger partial charge in [0.05, 0.1) is 37.9 Å². The van der Waals surface area contributed by atoms with Crippen molar-refractivity contribution in [2.75, 3.05) is 33.9 Å². The van der Waals surface area contributed by atoms with Gasteiger partial charge in [-0.1, -0.05) is 31.5 Å². The highest BCUT2D eigenvalue weighted by molar-refractivity contribution is 6.30. The van der Waals surface area contributed by atoms with Crippen molar-refractivity contribution in [3.05, 3.63) is 76.6 Å². The molecule has 2 heterocycles. The molecule has 12 nitrogen and oxygen atoms in total. The average molecular weight is 652 g/mol. The molecule has 244 valence electrons. The van der Waals surface area contributed by atoms with E-state index in [-0.39, 0.29) is 37.2 Å². The van der Waals surface area contributed by atoms with Gasteiger partial charge in [-0.15, -0.1) is 0 Å². The summed E-state index contributed by atoms with van der Waals surface area (Å²) in [7, 11) is 3.00. The predicted molar refractivity (Wildman–Crippen MR) is 171 cm³/mol. The summed E-state index contributed by atoms with van der Waals surface area (Å²) in [4.78, 5) is 58.6. The van der Waals surface area contributed by atoms with E-state index in [9.17, 15) is 19.2 Å². The Bertz CT molecular complexity index is 1560. The maximum Gasteiger partial charge on any atom is 0.272 e. The van der Waals surface area contributed by atoms with Gasteiger partial charge in [0.2, 0.25) is 11.8 Å². The number of carbonyl (C=O) groups excluding carboxylic acids is 4. The van der Waals surface area contributed by atoms with Gasteiger partial charge in [-0.25, -0.2) is 4.98 Å². The van der Waals surface area contributed by atoms with Crippen LogP contribution in [-0.4, -0.2) is 73.4 Å². The minimum Gasteiger partial charge on any atom is -0.496 e. The molecular formula is C33H38ClN5O7. The van der Waals surface area contributed by atoms with E-state index in [1.54, 1.807) is 42.5 Å². The number of methoxy groups -OCH3 is 2. The lowest BCUT2D eigenvalue weighted by atomic mass is 10.0. The highest BCUT2D eigenvalue weighted by Crippen LogP contribution is 2.37. The van der Waals surface area contributed by atoms with E-state index in [0.717, 1.165) is 0 Å². The number of halogens is 1. The summed E-state index contributed by atoms with van der Waals surface area (Å²) in [6.07, 6.45) is 2.37. The monoisotopic (exact) mass is 651 g/mol. The molecule has 2 aromatic carbocycles. The summed E-state index contributed by atoms with van der Waals surface area (Å²) in [6, 6.07) is 12.2. The van der Waals surface area contributed by atoms with Gasteiger partial charge in [-0.3, -0.25) is 19.2 Å². The molecule has 46 heavy (non-hydrogen) atoms. The Labute approximate surface area is 272 Å². The molecule has 1 atom stereocenters. The van der Waals surface area contributed by atoms with E-state index >= 15 is 0 Å². The van der Waals surface area contributed by atoms with Crippen molar-refractivity contribution < 1.29 is 33.4 Å². The third-order valence-electron chi connectivity index (χ3n) is 7.37. The molecule has 0 aliphatic carbocycles. The predicted octanol–water partition coefficient (Wildman–Crippen LogP) is 3.97. The quantitative estimate of drug-likeness (QED) is 0.384. The number of carbonyl (C=O) groups is 4. The Morgan fingerprint density at radius 2 is 1.78 bits per heavy atom. The number of amides is 4. The molecule has 0 unspecified atom stereocenters. The number of benzene rings is 2. The fourth-order valence-corrected chi connectivity index (χ4v) is 5.00. The molecule has 1 aliphatic rings. The summed E-state index contributed by atoms with van der Waals surface area (Å²) in [5, 5.41) is 8.94. The van der Waals surface area contributed by atoms with Crippen molar-refractivity contribution in [2.24, 2.45) is 5.92 Å². The molecule has 0 radical (unpaired) electrons. The summed E-state index contributed by atoms with van der Waals surface area (Å²) in [6.45, 7) is 3.87. The zero-order valence-corrected chi connectivity index (χ0v) is 27.0. The van der Waals surface area contributed by atoms with Crippen molar-refractivity contribution in [1.82, 2.24) is 25.8 Å². The third kappa shape index (κ3) is 8.66. The second-order valence-corrected chi connectivity index (χ2v) is 11.4. The maximum atomic E-state index is 13.5. The molecule has 0 fully saturated rings. The Morgan fingerprint density at radius 3 is 2.48 bits per heavy atom. The molecule has 4 amide bonds. The first-order valence-corrected chi connectivity index (χ1v) is 15.3. The molecule has 1 aliphatic heterocycles. The number of nitrogens with zero attached hydrogens (tertiary/aromatic N) is 2. The summed E-state index contributed by atoms with van der Waals surface area (Å²) >= 11 is 5.95. The minimum atomic E-state index is -0.894. The first-order chi connectivity index (χ1) is 22.1. The Hall–Kier alpha value is -4.84. The SMILES string of the molecule is COc1ccc2cc1Oc1cccc(OC)c1CNC(=O)[C@@H](C(C)C)NC(=O)CN(C(=O)c1ccc(Cl)cn1)CCCCNC2=O. The molecule has 0 saturated carbocycles. The van der Waals surface area contributed by atoms with Crippen molar-refractivity contribution in [3.8, 4) is 23.0 Å². The Morgan fingerprint density at radius 1 is 1.00 bits per heavy atom. The van der Waals surface area contributed by atoms with Gasteiger partial charge < -0.3 is 35.1 Å².